The van der Waals surface area contributed by atoms with Gasteiger partial charge in [0, 0.05) is 12.5 Å². The van der Waals surface area contributed by atoms with E-state index in [-0.39, 0.29) is 23.2 Å². The van der Waals surface area contributed by atoms with Gasteiger partial charge in [-0.1, -0.05) is 27.2 Å². The van der Waals surface area contributed by atoms with Crippen LogP contribution < -0.4 is 0 Å². The lowest BCUT2D eigenvalue weighted by Crippen LogP contribution is -2.49. The molecule has 0 N–H and O–H groups in total. The molecule has 2 fully saturated rings. The minimum Gasteiger partial charge on any atom is -0.468 e. The summed E-state index contributed by atoms with van der Waals surface area (Å²) < 4.78 is 11.7. The summed E-state index contributed by atoms with van der Waals surface area (Å²) in [5.41, 5.74) is 0. The zero-order valence-electron chi connectivity index (χ0n) is 14.4. The fourth-order valence-electron chi connectivity index (χ4n) is 3.33. The quantitative estimate of drug-likeness (QED) is 0.592. The maximum atomic E-state index is 12.1. The third-order valence-electron chi connectivity index (χ3n) is 5.60. The topological polar surface area (TPSA) is 38.8 Å². The second kappa shape index (κ2) is 6.01. The second-order valence-electron chi connectivity index (χ2n) is 7.99. The van der Waals surface area contributed by atoms with E-state index in [2.05, 4.69) is 38.8 Å². The second-order valence-corrected chi connectivity index (χ2v) is 12.7. The van der Waals surface area contributed by atoms with E-state index in [1.165, 1.54) is 20.0 Å². The molecule has 122 valence electrons. The summed E-state index contributed by atoms with van der Waals surface area (Å²) in [6.07, 6.45) is 4.55. The Balaban J connectivity index is 2.15. The first-order valence-electron chi connectivity index (χ1n) is 8.19. The Morgan fingerprint density at radius 1 is 1.24 bits per heavy atom. The molecule has 0 aliphatic carbocycles. The third-order valence-corrected chi connectivity index (χ3v) is 10.1. The zero-order chi connectivity index (χ0) is 15.8. The highest BCUT2D eigenvalue weighted by Gasteiger charge is 2.49. The Hall–Kier alpha value is -0.393. The van der Waals surface area contributed by atoms with E-state index < -0.39 is 8.32 Å². The summed E-state index contributed by atoms with van der Waals surface area (Å²) in [6, 6.07) is 0.298. The summed E-state index contributed by atoms with van der Waals surface area (Å²) in [5, 5.41) is 0.204. The van der Waals surface area contributed by atoms with Crippen molar-refractivity contribution < 1.29 is 14.0 Å². The fraction of sp³-hybridized carbons (Fsp3) is 0.938. The summed E-state index contributed by atoms with van der Waals surface area (Å²) >= 11 is 0. The van der Waals surface area contributed by atoms with Crippen LogP contribution in [0, 0.1) is 0 Å². The molecule has 0 aromatic rings. The van der Waals surface area contributed by atoms with Crippen molar-refractivity contribution >= 4 is 14.3 Å². The number of carbonyl (C=O) groups excluding carboxylic acids is 1. The van der Waals surface area contributed by atoms with Crippen LogP contribution in [0.25, 0.3) is 0 Å². The van der Waals surface area contributed by atoms with Gasteiger partial charge in [0.15, 0.2) is 8.32 Å². The number of carbonyl (C=O) groups is 1. The molecule has 2 aliphatic heterocycles. The first-order valence-corrected chi connectivity index (χ1v) is 11.1. The summed E-state index contributed by atoms with van der Waals surface area (Å²) in [5.74, 6) is -0.0942. The van der Waals surface area contributed by atoms with Crippen molar-refractivity contribution in [3.05, 3.63) is 0 Å². The van der Waals surface area contributed by atoms with E-state index in [9.17, 15) is 4.79 Å². The van der Waals surface area contributed by atoms with Gasteiger partial charge in [0.25, 0.3) is 0 Å². The van der Waals surface area contributed by atoms with Gasteiger partial charge in [0.2, 0.25) is 0 Å². The minimum atomic E-state index is -1.80. The molecule has 0 saturated carbocycles. The van der Waals surface area contributed by atoms with Crippen molar-refractivity contribution in [1.29, 1.82) is 0 Å². The Bertz CT molecular complexity index is 391. The van der Waals surface area contributed by atoms with Crippen molar-refractivity contribution in [3.8, 4) is 0 Å². The van der Waals surface area contributed by atoms with Crippen molar-refractivity contribution in [1.82, 2.24) is 4.90 Å². The Kier molecular flexibility index (Phi) is 4.86. The molecule has 3 atom stereocenters. The molecule has 0 aromatic carbocycles. The average Bonchev–Trinajstić information content (AvgIpc) is 2.75. The number of ether oxygens (including phenoxy) is 1. The molecular formula is C16H31NO3Si. The van der Waals surface area contributed by atoms with Gasteiger partial charge in [0.1, 0.15) is 6.04 Å². The number of hydrogen-bond acceptors (Lipinski definition) is 4. The van der Waals surface area contributed by atoms with Crippen LogP contribution in [-0.2, 0) is 14.0 Å². The highest BCUT2D eigenvalue weighted by Crippen LogP contribution is 2.42. The maximum Gasteiger partial charge on any atom is 0.323 e. The van der Waals surface area contributed by atoms with Crippen LogP contribution in [-0.4, -0.2) is 51.0 Å². The van der Waals surface area contributed by atoms with Crippen molar-refractivity contribution in [2.24, 2.45) is 0 Å². The smallest absolute Gasteiger partial charge is 0.323 e. The molecule has 2 saturated heterocycles. The predicted octanol–water partition coefficient (Wildman–Crippen LogP) is 3.18. The molecule has 5 heteroatoms. The lowest BCUT2D eigenvalue weighted by atomic mass is 10.0. The van der Waals surface area contributed by atoms with Crippen LogP contribution in [0.5, 0.6) is 0 Å². The van der Waals surface area contributed by atoms with Crippen molar-refractivity contribution in [3.63, 3.8) is 0 Å². The largest absolute Gasteiger partial charge is 0.468 e. The van der Waals surface area contributed by atoms with Gasteiger partial charge in [-0.2, -0.15) is 0 Å². The normalized spacial score (nSPS) is 31.0. The van der Waals surface area contributed by atoms with Crippen molar-refractivity contribution in [2.75, 3.05) is 13.7 Å². The first kappa shape index (κ1) is 17.0. The maximum absolute atomic E-state index is 12.1. The van der Waals surface area contributed by atoms with Gasteiger partial charge < -0.3 is 9.16 Å². The lowest BCUT2D eigenvalue weighted by molar-refractivity contribution is -0.146. The number of fused-ring (bicyclic) bond motifs is 1. The van der Waals surface area contributed by atoms with Gasteiger partial charge in [-0.15, -0.1) is 0 Å². The van der Waals surface area contributed by atoms with Gasteiger partial charge in [-0.05, 0) is 37.5 Å². The highest BCUT2D eigenvalue weighted by atomic mass is 28.4. The summed E-state index contributed by atoms with van der Waals surface area (Å²) in [7, 11) is -0.310. The van der Waals surface area contributed by atoms with E-state index in [4.69, 9.17) is 9.16 Å². The molecule has 0 amide bonds. The molecular weight excluding hydrogens is 282 g/mol. The molecule has 2 aliphatic rings. The molecule has 0 radical (unpaired) electrons. The molecule has 0 spiro atoms. The minimum absolute atomic E-state index is 0.0942. The van der Waals surface area contributed by atoms with Crippen LogP contribution in [0.15, 0.2) is 0 Å². The number of esters is 1. The zero-order valence-corrected chi connectivity index (χ0v) is 15.4. The lowest BCUT2D eigenvalue weighted by Gasteiger charge is -2.41. The number of piperidine rings is 1. The van der Waals surface area contributed by atoms with Gasteiger partial charge in [-0.25, -0.2) is 0 Å². The highest BCUT2D eigenvalue weighted by molar-refractivity contribution is 6.74. The van der Waals surface area contributed by atoms with E-state index in [1.807, 2.05) is 0 Å². The van der Waals surface area contributed by atoms with Gasteiger partial charge in [-0.3, -0.25) is 9.69 Å². The molecule has 4 nitrogen and oxygen atoms in total. The number of hydrogen-bond donors (Lipinski definition) is 0. The molecule has 21 heavy (non-hydrogen) atoms. The van der Waals surface area contributed by atoms with Crippen LogP contribution >= 0.6 is 0 Å². The van der Waals surface area contributed by atoms with Gasteiger partial charge >= 0.3 is 5.97 Å². The fourth-order valence-corrected chi connectivity index (χ4v) is 4.69. The van der Waals surface area contributed by atoms with E-state index in [0.29, 0.717) is 6.04 Å². The molecule has 0 aromatic heterocycles. The summed E-state index contributed by atoms with van der Waals surface area (Å²) in [4.78, 5) is 14.4. The van der Waals surface area contributed by atoms with Crippen LogP contribution in [0.3, 0.4) is 0 Å². The van der Waals surface area contributed by atoms with E-state index in [0.717, 1.165) is 19.4 Å². The first-order chi connectivity index (χ1) is 9.67. The standard InChI is InChI=1S/C16H31NO3Si/c1-16(2,3)21(5,6)20-14-11-13(15(18)19-4)17-10-8-7-9-12(14)17/h12-14H,7-11H2,1-6H3/t12-,13-,14+/m0/s1. The number of nitrogens with zero attached hydrogens (tertiary/aromatic N) is 1. The molecule has 2 heterocycles. The predicted molar refractivity (Wildman–Crippen MR) is 86.8 cm³/mol. The monoisotopic (exact) mass is 313 g/mol. The van der Waals surface area contributed by atoms with Crippen LogP contribution in [0.2, 0.25) is 18.1 Å². The molecule has 0 unspecified atom stereocenters. The number of rotatable bonds is 3. The van der Waals surface area contributed by atoms with Crippen LogP contribution in [0.4, 0.5) is 0 Å². The Morgan fingerprint density at radius 2 is 1.90 bits per heavy atom. The molecule has 2 rings (SSSR count). The van der Waals surface area contributed by atoms with Gasteiger partial charge in [0.05, 0.1) is 13.2 Å². The summed E-state index contributed by atoms with van der Waals surface area (Å²) in [6.45, 7) is 12.4. The number of methoxy groups -OCH3 is 1. The average molecular weight is 314 g/mol. The van der Waals surface area contributed by atoms with Crippen LogP contribution in [0.1, 0.15) is 46.5 Å². The Morgan fingerprint density at radius 3 is 2.48 bits per heavy atom. The molecule has 0 bridgehead atoms. The van der Waals surface area contributed by atoms with E-state index >= 15 is 0 Å². The third kappa shape index (κ3) is 3.35. The van der Waals surface area contributed by atoms with E-state index in [1.54, 1.807) is 0 Å². The SMILES string of the molecule is COC(=O)[C@@H]1C[C@@H](O[Si](C)(C)C(C)(C)C)[C@@H]2CCCCN12. The Labute approximate surface area is 130 Å². The van der Waals surface area contributed by atoms with Crippen molar-refractivity contribution in [2.45, 2.75) is 82.8 Å².